The molecule has 0 saturated carbocycles. The first-order valence-electron chi connectivity index (χ1n) is 6.70. The Kier molecular flexibility index (Phi) is 3.88. The summed E-state index contributed by atoms with van der Waals surface area (Å²) in [4.78, 5) is 16.5. The molecule has 0 aliphatic heterocycles. The van der Waals surface area contributed by atoms with Gasteiger partial charge in [-0.2, -0.15) is 0 Å². The zero-order chi connectivity index (χ0) is 14.0. The molecule has 19 heavy (non-hydrogen) atoms. The van der Waals surface area contributed by atoms with Gasteiger partial charge in [-0.05, 0) is 31.9 Å². The van der Waals surface area contributed by atoms with Crippen LogP contribution in [0.4, 0.5) is 0 Å². The topological polar surface area (TPSA) is 46.9 Å². The molecule has 0 bridgehead atoms. The van der Waals surface area contributed by atoms with E-state index < -0.39 is 0 Å². The maximum atomic E-state index is 12.1. The number of para-hydroxylation sites is 2. The van der Waals surface area contributed by atoms with Gasteiger partial charge in [0.1, 0.15) is 12.4 Å². The van der Waals surface area contributed by atoms with Gasteiger partial charge in [-0.25, -0.2) is 4.98 Å². The zero-order valence-corrected chi connectivity index (χ0v) is 12.0. The maximum absolute atomic E-state index is 12.1. The first-order chi connectivity index (χ1) is 8.99. The Morgan fingerprint density at radius 1 is 1.32 bits per heavy atom. The second kappa shape index (κ2) is 5.43. The van der Waals surface area contributed by atoms with Gasteiger partial charge in [0.2, 0.25) is 5.91 Å². The molecule has 1 N–H and O–H groups in total. The van der Waals surface area contributed by atoms with Crippen LogP contribution in [-0.2, 0) is 11.3 Å². The Morgan fingerprint density at radius 2 is 2.00 bits per heavy atom. The minimum absolute atomic E-state index is 0.0347. The first kappa shape index (κ1) is 13.6. The highest BCUT2D eigenvalue weighted by Gasteiger charge is 2.14. The van der Waals surface area contributed by atoms with Crippen molar-refractivity contribution in [3.05, 3.63) is 30.1 Å². The summed E-state index contributed by atoms with van der Waals surface area (Å²) >= 11 is 0. The van der Waals surface area contributed by atoms with Gasteiger partial charge in [-0.1, -0.05) is 26.0 Å². The number of aryl methyl sites for hydroxylation is 1. The Hall–Kier alpha value is -1.84. The van der Waals surface area contributed by atoms with E-state index in [4.69, 9.17) is 0 Å². The van der Waals surface area contributed by atoms with E-state index in [0.717, 1.165) is 16.9 Å². The largest absolute Gasteiger partial charge is 0.352 e. The summed E-state index contributed by atoms with van der Waals surface area (Å²) in [5, 5.41) is 3.02. The van der Waals surface area contributed by atoms with Crippen LogP contribution in [0.1, 0.15) is 26.6 Å². The lowest BCUT2D eigenvalue weighted by Gasteiger charge is -2.18. The lowest BCUT2D eigenvalue weighted by molar-refractivity contribution is -0.122. The third-order valence-electron chi connectivity index (χ3n) is 3.54. The normalized spacial score (nSPS) is 12.9. The molecule has 4 nitrogen and oxygen atoms in total. The highest BCUT2D eigenvalue weighted by molar-refractivity contribution is 5.81. The van der Waals surface area contributed by atoms with Crippen LogP contribution in [0.5, 0.6) is 0 Å². The van der Waals surface area contributed by atoms with Gasteiger partial charge in [-0.3, -0.25) is 4.79 Å². The molecule has 4 heteroatoms. The van der Waals surface area contributed by atoms with Gasteiger partial charge in [0.15, 0.2) is 0 Å². The minimum Gasteiger partial charge on any atom is -0.352 e. The van der Waals surface area contributed by atoms with E-state index in [9.17, 15) is 4.79 Å². The van der Waals surface area contributed by atoms with Crippen LogP contribution < -0.4 is 5.32 Å². The van der Waals surface area contributed by atoms with Gasteiger partial charge >= 0.3 is 0 Å². The molecule has 0 aliphatic rings. The van der Waals surface area contributed by atoms with Crippen molar-refractivity contribution in [1.29, 1.82) is 0 Å². The van der Waals surface area contributed by atoms with Crippen molar-refractivity contribution in [2.45, 2.75) is 40.3 Å². The Morgan fingerprint density at radius 3 is 2.68 bits per heavy atom. The quantitative estimate of drug-likeness (QED) is 0.917. The number of nitrogens with one attached hydrogen (secondary N) is 1. The number of aromatic nitrogens is 2. The summed E-state index contributed by atoms with van der Waals surface area (Å²) < 4.78 is 1.96. The number of rotatable bonds is 4. The lowest BCUT2D eigenvalue weighted by atomic mass is 10.1. The SMILES string of the molecule is Cc1nc2ccccc2n1CC(=O)N[C@@H](C)C(C)C. The van der Waals surface area contributed by atoms with Crippen LogP contribution in [0.15, 0.2) is 24.3 Å². The van der Waals surface area contributed by atoms with Crippen molar-refractivity contribution >= 4 is 16.9 Å². The number of fused-ring (bicyclic) bond motifs is 1. The summed E-state index contributed by atoms with van der Waals surface area (Å²) in [6.45, 7) is 8.48. The summed E-state index contributed by atoms with van der Waals surface area (Å²) in [6, 6.07) is 8.07. The monoisotopic (exact) mass is 259 g/mol. The van der Waals surface area contributed by atoms with Crippen molar-refractivity contribution < 1.29 is 4.79 Å². The van der Waals surface area contributed by atoms with Gasteiger partial charge < -0.3 is 9.88 Å². The highest BCUT2D eigenvalue weighted by atomic mass is 16.2. The molecule has 0 unspecified atom stereocenters. The smallest absolute Gasteiger partial charge is 0.240 e. The number of nitrogens with zero attached hydrogens (tertiary/aromatic N) is 2. The molecule has 2 rings (SSSR count). The zero-order valence-electron chi connectivity index (χ0n) is 12.0. The molecule has 0 aliphatic carbocycles. The number of hydrogen-bond donors (Lipinski definition) is 1. The average Bonchev–Trinajstić information content (AvgIpc) is 2.66. The van der Waals surface area contributed by atoms with Gasteiger partial charge in [-0.15, -0.1) is 0 Å². The van der Waals surface area contributed by atoms with Crippen molar-refractivity contribution in [2.24, 2.45) is 5.92 Å². The van der Waals surface area contributed by atoms with Crippen LogP contribution in [0.3, 0.4) is 0 Å². The van der Waals surface area contributed by atoms with Crippen molar-refractivity contribution in [3.8, 4) is 0 Å². The van der Waals surface area contributed by atoms with E-state index in [2.05, 4.69) is 24.1 Å². The number of benzene rings is 1. The molecule has 1 heterocycles. The number of hydrogen-bond acceptors (Lipinski definition) is 2. The Bertz CT molecular complexity index is 586. The number of carbonyl (C=O) groups excluding carboxylic acids is 1. The van der Waals surface area contributed by atoms with Gasteiger partial charge in [0.25, 0.3) is 0 Å². The van der Waals surface area contributed by atoms with Crippen molar-refractivity contribution in [3.63, 3.8) is 0 Å². The molecule has 0 spiro atoms. The number of amides is 1. The van der Waals surface area contributed by atoms with Crippen LogP contribution in [-0.4, -0.2) is 21.5 Å². The Labute approximate surface area is 113 Å². The van der Waals surface area contributed by atoms with E-state index in [1.165, 1.54) is 0 Å². The van der Waals surface area contributed by atoms with E-state index in [-0.39, 0.29) is 11.9 Å². The standard InChI is InChI=1S/C15H21N3O/c1-10(2)11(3)16-15(19)9-18-12(4)17-13-7-5-6-8-14(13)18/h5-8,10-11H,9H2,1-4H3,(H,16,19)/t11-/m0/s1. The molecule has 0 radical (unpaired) electrons. The summed E-state index contributed by atoms with van der Waals surface area (Å²) in [5.41, 5.74) is 1.94. The van der Waals surface area contributed by atoms with Gasteiger partial charge in [0, 0.05) is 6.04 Å². The van der Waals surface area contributed by atoms with Crippen molar-refractivity contribution in [1.82, 2.24) is 14.9 Å². The molecular weight excluding hydrogens is 238 g/mol. The fourth-order valence-corrected chi connectivity index (χ4v) is 2.01. The van der Waals surface area contributed by atoms with Crippen LogP contribution >= 0.6 is 0 Å². The molecule has 2 aromatic rings. The van der Waals surface area contributed by atoms with Crippen LogP contribution in [0.2, 0.25) is 0 Å². The third kappa shape index (κ3) is 2.95. The van der Waals surface area contributed by atoms with E-state index in [1.54, 1.807) is 0 Å². The van der Waals surface area contributed by atoms with Gasteiger partial charge in [0.05, 0.1) is 11.0 Å². The maximum Gasteiger partial charge on any atom is 0.240 e. The summed E-state index contributed by atoms with van der Waals surface area (Å²) in [6.07, 6.45) is 0. The predicted octanol–water partition coefficient (Wildman–Crippen LogP) is 2.51. The summed E-state index contributed by atoms with van der Waals surface area (Å²) in [7, 11) is 0. The lowest BCUT2D eigenvalue weighted by Crippen LogP contribution is -2.38. The fourth-order valence-electron chi connectivity index (χ4n) is 2.01. The molecule has 1 aromatic carbocycles. The van der Waals surface area contributed by atoms with E-state index >= 15 is 0 Å². The minimum atomic E-state index is 0.0347. The average molecular weight is 259 g/mol. The Balaban J connectivity index is 2.17. The van der Waals surface area contributed by atoms with E-state index in [1.807, 2.05) is 42.7 Å². The molecular formula is C15H21N3O. The first-order valence-corrected chi connectivity index (χ1v) is 6.70. The predicted molar refractivity (Wildman–Crippen MR) is 76.9 cm³/mol. The molecule has 1 amide bonds. The second-order valence-corrected chi connectivity index (χ2v) is 5.33. The molecule has 102 valence electrons. The van der Waals surface area contributed by atoms with Crippen LogP contribution in [0, 0.1) is 12.8 Å². The van der Waals surface area contributed by atoms with E-state index in [0.29, 0.717) is 12.5 Å². The van der Waals surface area contributed by atoms with Crippen molar-refractivity contribution in [2.75, 3.05) is 0 Å². The number of imidazole rings is 1. The highest BCUT2D eigenvalue weighted by Crippen LogP contribution is 2.15. The summed E-state index contributed by atoms with van der Waals surface area (Å²) in [5.74, 6) is 1.34. The number of carbonyl (C=O) groups is 1. The molecule has 1 aromatic heterocycles. The van der Waals surface area contributed by atoms with Crippen LogP contribution in [0.25, 0.3) is 11.0 Å². The molecule has 0 fully saturated rings. The molecule has 0 saturated heterocycles. The second-order valence-electron chi connectivity index (χ2n) is 5.33. The molecule has 1 atom stereocenters. The third-order valence-corrected chi connectivity index (χ3v) is 3.54. The fraction of sp³-hybridized carbons (Fsp3) is 0.467.